The highest BCUT2D eigenvalue weighted by Crippen LogP contribution is 2.39. The van der Waals surface area contributed by atoms with Gasteiger partial charge in [0.05, 0.1) is 50.0 Å². The van der Waals surface area contributed by atoms with Crippen molar-refractivity contribution in [1.82, 2.24) is 34.5 Å². The zero-order valence-corrected chi connectivity index (χ0v) is 21.2. The van der Waals surface area contributed by atoms with Crippen molar-refractivity contribution < 1.29 is 27.0 Å². The highest BCUT2D eigenvalue weighted by atomic mass is 19.4. The fourth-order valence-corrected chi connectivity index (χ4v) is 5.24. The molecular formula is C26H27F4N7O2. The van der Waals surface area contributed by atoms with Crippen LogP contribution in [-0.4, -0.2) is 73.4 Å². The van der Waals surface area contributed by atoms with Crippen LogP contribution in [-0.2, 0) is 17.3 Å². The molecule has 0 atom stereocenters. The maximum absolute atomic E-state index is 13.8. The maximum atomic E-state index is 13.8. The number of piperidine rings is 1. The molecule has 0 aromatic carbocycles. The number of ether oxygens (including phenoxy) is 2. The minimum atomic E-state index is -4.61. The number of hydrogen-bond acceptors (Lipinski definition) is 7. The lowest BCUT2D eigenvalue weighted by atomic mass is 10.0. The van der Waals surface area contributed by atoms with Gasteiger partial charge in [0.15, 0.2) is 0 Å². The minimum absolute atomic E-state index is 0.0180. The molecule has 39 heavy (non-hydrogen) atoms. The van der Waals surface area contributed by atoms with E-state index >= 15 is 0 Å². The van der Waals surface area contributed by atoms with E-state index < -0.39 is 17.6 Å². The van der Waals surface area contributed by atoms with Crippen LogP contribution in [0.15, 0.2) is 36.8 Å². The molecule has 2 aliphatic heterocycles. The topological polar surface area (TPSA) is 82.6 Å². The van der Waals surface area contributed by atoms with Gasteiger partial charge in [0.2, 0.25) is 0 Å². The molecule has 0 amide bonds. The number of rotatable bonds is 7. The standard InChI is InChI=1S/C26H27F4N7O2/c1-16-24(33-34-37(16)20-4-7-35(8-5-20)21-14-38-15-21)17-10-23(39-9-6-19-3-2-18(27)11-31-19)25-22(26(28,29)30)12-32-36(25)13-17/h2-3,10-13,20-21H,4-9,14-15H2,1H3. The first kappa shape index (κ1) is 25.7. The van der Waals surface area contributed by atoms with Gasteiger partial charge >= 0.3 is 6.18 Å². The van der Waals surface area contributed by atoms with E-state index in [-0.39, 0.29) is 30.3 Å². The summed E-state index contributed by atoms with van der Waals surface area (Å²) in [5, 5.41) is 12.8. The summed E-state index contributed by atoms with van der Waals surface area (Å²) in [6.45, 7) is 5.43. The zero-order chi connectivity index (χ0) is 27.1. The van der Waals surface area contributed by atoms with Crippen LogP contribution in [0.1, 0.15) is 35.8 Å². The normalized spacial score (nSPS) is 17.6. The molecule has 0 bridgehead atoms. The first-order valence-electron chi connectivity index (χ1n) is 12.8. The number of pyridine rings is 2. The van der Waals surface area contributed by atoms with E-state index in [0.717, 1.165) is 57.2 Å². The molecule has 2 saturated heterocycles. The van der Waals surface area contributed by atoms with Gasteiger partial charge in [-0.3, -0.25) is 9.88 Å². The van der Waals surface area contributed by atoms with Crippen LogP contribution in [0.25, 0.3) is 16.8 Å². The largest absolute Gasteiger partial charge is 0.491 e. The van der Waals surface area contributed by atoms with Crippen molar-refractivity contribution in [3.05, 3.63) is 59.6 Å². The quantitative estimate of drug-likeness (QED) is 0.323. The molecule has 2 aliphatic rings. The molecule has 13 heteroatoms. The third-order valence-electron chi connectivity index (χ3n) is 7.47. The Bertz CT molecular complexity index is 1460. The van der Waals surface area contributed by atoms with Crippen LogP contribution < -0.4 is 4.74 Å². The number of aromatic nitrogens is 6. The average molecular weight is 546 g/mol. The lowest BCUT2D eigenvalue weighted by Gasteiger charge is -2.41. The van der Waals surface area contributed by atoms with Crippen molar-refractivity contribution in [2.45, 2.75) is 44.4 Å². The third kappa shape index (κ3) is 5.08. The number of halogens is 4. The monoisotopic (exact) mass is 545 g/mol. The van der Waals surface area contributed by atoms with Gasteiger partial charge in [-0.05, 0) is 38.0 Å². The molecule has 2 fully saturated rings. The van der Waals surface area contributed by atoms with Gasteiger partial charge < -0.3 is 9.47 Å². The summed E-state index contributed by atoms with van der Waals surface area (Å²) in [5.41, 5.74) is 1.40. The molecule has 0 spiro atoms. The van der Waals surface area contributed by atoms with E-state index in [1.54, 1.807) is 6.07 Å². The predicted octanol–water partition coefficient (Wildman–Crippen LogP) is 4.11. The summed E-state index contributed by atoms with van der Waals surface area (Å²) in [6.07, 6.45) is 0.923. The van der Waals surface area contributed by atoms with Crippen LogP contribution >= 0.6 is 0 Å². The Balaban J connectivity index is 1.27. The SMILES string of the molecule is Cc1c(-c2cc(OCCc3ccc(F)cn3)c3c(C(F)(F)F)cnn3c2)nnn1C1CCN(C2COC2)CC1. The average Bonchev–Trinajstić information content (AvgIpc) is 3.48. The van der Waals surface area contributed by atoms with E-state index in [4.69, 9.17) is 9.47 Å². The molecule has 0 unspecified atom stereocenters. The lowest BCUT2D eigenvalue weighted by Crippen LogP contribution is -2.52. The van der Waals surface area contributed by atoms with Crippen LogP contribution in [0.5, 0.6) is 5.75 Å². The number of nitrogens with zero attached hydrogens (tertiary/aromatic N) is 7. The van der Waals surface area contributed by atoms with Gasteiger partial charge in [0.1, 0.15) is 28.3 Å². The van der Waals surface area contributed by atoms with Gasteiger partial charge in [0.25, 0.3) is 0 Å². The Morgan fingerprint density at radius 3 is 2.56 bits per heavy atom. The minimum Gasteiger partial charge on any atom is -0.491 e. The molecule has 6 heterocycles. The third-order valence-corrected chi connectivity index (χ3v) is 7.47. The van der Waals surface area contributed by atoms with Crippen molar-refractivity contribution >= 4 is 5.52 Å². The van der Waals surface area contributed by atoms with Crippen molar-refractivity contribution in [1.29, 1.82) is 0 Å². The number of hydrogen-bond donors (Lipinski definition) is 0. The number of likely N-dealkylation sites (tertiary alicyclic amines) is 1. The summed E-state index contributed by atoms with van der Waals surface area (Å²) in [7, 11) is 0. The first-order valence-corrected chi connectivity index (χ1v) is 12.8. The Hall–Kier alpha value is -3.58. The molecule has 0 radical (unpaired) electrons. The predicted molar refractivity (Wildman–Crippen MR) is 132 cm³/mol. The second-order valence-corrected chi connectivity index (χ2v) is 9.93. The van der Waals surface area contributed by atoms with Gasteiger partial charge in [-0.1, -0.05) is 5.21 Å². The highest BCUT2D eigenvalue weighted by molar-refractivity contribution is 5.73. The van der Waals surface area contributed by atoms with E-state index in [1.165, 1.54) is 22.8 Å². The van der Waals surface area contributed by atoms with E-state index in [2.05, 4.69) is 25.3 Å². The van der Waals surface area contributed by atoms with Crippen LogP contribution in [0.4, 0.5) is 17.6 Å². The second kappa shape index (κ2) is 10.2. The summed E-state index contributed by atoms with van der Waals surface area (Å²) >= 11 is 0. The van der Waals surface area contributed by atoms with E-state index in [9.17, 15) is 17.6 Å². The summed E-state index contributed by atoms with van der Waals surface area (Å²) in [5.74, 6) is -0.450. The summed E-state index contributed by atoms with van der Waals surface area (Å²) in [4.78, 5) is 6.43. The van der Waals surface area contributed by atoms with Crippen molar-refractivity contribution in [3.63, 3.8) is 0 Å². The Kier molecular flexibility index (Phi) is 6.71. The fourth-order valence-electron chi connectivity index (χ4n) is 5.24. The molecule has 6 rings (SSSR count). The summed E-state index contributed by atoms with van der Waals surface area (Å²) < 4.78 is 68.7. The van der Waals surface area contributed by atoms with Gasteiger partial charge in [-0.25, -0.2) is 13.6 Å². The van der Waals surface area contributed by atoms with Gasteiger partial charge in [-0.15, -0.1) is 5.10 Å². The van der Waals surface area contributed by atoms with Crippen molar-refractivity contribution in [3.8, 4) is 17.0 Å². The maximum Gasteiger partial charge on any atom is 0.420 e. The molecule has 0 N–H and O–H groups in total. The molecule has 0 saturated carbocycles. The van der Waals surface area contributed by atoms with Crippen LogP contribution in [0.3, 0.4) is 0 Å². The zero-order valence-electron chi connectivity index (χ0n) is 21.2. The highest BCUT2D eigenvalue weighted by Gasteiger charge is 2.36. The fraction of sp³-hybridized carbons (Fsp3) is 0.462. The van der Waals surface area contributed by atoms with Gasteiger partial charge in [0, 0.05) is 37.0 Å². The molecule has 4 aromatic heterocycles. The molecular weight excluding hydrogens is 518 g/mol. The molecule has 0 aliphatic carbocycles. The smallest absolute Gasteiger partial charge is 0.420 e. The number of fused-ring (bicyclic) bond motifs is 1. The van der Waals surface area contributed by atoms with Crippen LogP contribution in [0, 0.1) is 12.7 Å². The lowest BCUT2D eigenvalue weighted by molar-refractivity contribution is -0.136. The van der Waals surface area contributed by atoms with Crippen molar-refractivity contribution in [2.75, 3.05) is 32.9 Å². The Morgan fingerprint density at radius 1 is 1.10 bits per heavy atom. The van der Waals surface area contributed by atoms with E-state index in [1.807, 2.05) is 11.6 Å². The Morgan fingerprint density at radius 2 is 1.90 bits per heavy atom. The van der Waals surface area contributed by atoms with Gasteiger partial charge in [-0.2, -0.15) is 18.3 Å². The summed E-state index contributed by atoms with van der Waals surface area (Å²) in [6, 6.07) is 5.02. The Labute approximate surface area is 221 Å². The van der Waals surface area contributed by atoms with Crippen LogP contribution in [0.2, 0.25) is 0 Å². The van der Waals surface area contributed by atoms with Crippen molar-refractivity contribution in [2.24, 2.45) is 0 Å². The molecule has 9 nitrogen and oxygen atoms in total. The first-order chi connectivity index (χ1) is 18.8. The van der Waals surface area contributed by atoms with E-state index in [0.29, 0.717) is 23.0 Å². The number of alkyl halides is 3. The molecule has 206 valence electrons. The second-order valence-electron chi connectivity index (χ2n) is 9.93. The molecule has 4 aromatic rings.